The van der Waals surface area contributed by atoms with Crippen molar-refractivity contribution in [3.8, 4) is 0 Å². The van der Waals surface area contributed by atoms with Crippen LogP contribution in [0.25, 0.3) is 0 Å². The molecule has 0 aromatic rings. The van der Waals surface area contributed by atoms with E-state index in [4.69, 9.17) is 0 Å². The second-order valence-electron chi connectivity index (χ2n) is 4.66. The lowest BCUT2D eigenvalue weighted by Gasteiger charge is -2.26. The van der Waals surface area contributed by atoms with E-state index < -0.39 is 0 Å². The van der Waals surface area contributed by atoms with Crippen molar-refractivity contribution < 1.29 is 0 Å². The van der Waals surface area contributed by atoms with Crippen molar-refractivity contribution in [1.29, 1.82) is 0 Å². The van der Waals surface area contributed by atoms with Crippen LogP contribution in [0.4, 0.5) is 0 Å². The zero-order valence-corrected chi connectivity index (χ0v) is 9.29. The Morgan fingerprint density at radius 3 is 3.00 bits per heavy atom. The van der Waals surface area contributed by atoms with Gasteiger partial charge in [0.05, 0.1) is 0 Å². The fraction of sp³-hybridized carbons (Fsp3) is 0.692. The molecule has 1 N–H and O–H groups in total. The summed E-state index contributed by atoms with van der Waals surface area (Å²) in [5, 5.41) is 3.53. The Kier molecular flexibility index (Phi) is 3.07. The Bertz CT molecular complexity index is 252. The normalized spacial score (nSPS) is 37.3. The highest BCUT2D eigenvalue weighted by molar-refractivity contribution is 5.24. The van der Waals surface area contributed by atoms with Crippen LogP contribution in [0.5, 0.6) is 0 Å². The number of hydrogen-bond donors (Lipinski definition) is 1. The number of nitrogens with one attached hydrogen (secondary N) is 1. The van der Waals surface area contributed by atoms with Gasteiger partial charge in [0, 0.05) is 6.54 Å². The molecule has 1 fully saturated rings. The first-order valence-corrected chi connectivity index (χ1v) is 5.90. The van der Waals surface area contributed by atoms with Crippen LogP contribution in [0.1, 0.15) is 26.7 Å². The lowest BCUT2D eigenvalue weighted by molar-refractivity contribution is 0.421. The maximum Gasteiger partial charge on any atom is 0.00203 e. The summed E-state index contributed by atoms with van der Waals surface area (Å²) in [6, 6.07) is 0. The highest BCUT2D eigenvalue weighted by Gasteiger charge is 2.30. The average molecular weight is 191 g/mol. The van der Waals surface area contributed by atoms with Gasteiger partial charge in [-0.15, -0.1) is 0 Å². The molecule has 1 aliphatic carbocycles. The molecule has 1 saturated heterocycles. The summed E-state index contributed by atoms with van der Waals surface area (Å²) in [6.45, 7) is 7.09. The third-order valence-corrected chi connectivity index (χ3v) is 3.78. The predicted octanol–water partition coefficient (Wildman–Crippen LogP) is 2.75. The van der Waals surface area contributed by atoms with Crippen LogP contribution in [0, 0.1) is 17.8 Å². The Balaban J connectivity index is 2.12. The van der Waals surface area contributed by atoms with E-state index in [-0.39, 0.29) is 0 Å². The maximum atomic E-state index is 3.53. The van der Waals surface area contributed by atoms with E-state index >= 15 is 0 Å². The van der Waals surface area contributed by atoms with Gasteiger partial charge in [0.15, 0.2) is 0 Å². The Morgan fingerprint density at radius 1 is 1.43 bits per heavy atom. The number of rotatable bonds is 2. The molecule has 0 amide bonds. The van der Waals surface area contributed by atoms with Gasteiger partial charge in [-0.3, -0.25) is 0 Å². The summed E-state index contributed by atoms with van der Waals surface area (Å²) in [6.07, 6.45) is 9.43. The lowest BCUT2D eigenvalue weighted by Crippen LogP contribution is -2.19. The van der Waals surface area contributed by atoms with Gasteiger partial charge >= 0.3 is 0 Å². The topological polar surface area (TPSA) is 12.0 Å². The molecular weight excluding hydrogens is 170 g/mol. The van der Waals surface area contributed by atoms with Crippen LogP contribution in [0.15, 0.2) is 23.8 Å². The molecule has 0 spiro atoms. The van der Waals surface area contributed by atoms with E-state index in [1.54, 1.807) is 5.57 Å². The van der Waals surface area contributed by atoms with Crippen molar-refractivity contribution in [2.24, 2.45) is 17.8 Å². The van der Waals surface area contributed by atoms with E-state index in [0.29, 0.717) is 0 Å². The number of allylic oxidation sites excluding steroid dienone is 3. The summed E-state index contributed by atoms with van der Waals surface area (Å²) in [5.74, 6) is 2.44. The van der Waals surface area contributed by atoms with Crippen molar-refractivity contribution in [1.82, 2.24) is 5.32 Å². The first-order valence-electron chi connectivity index (χ1n) is 5.90. The van der Waals surface area contributed by atoms with E-state index in [1.807, 2.05) is 0 Å². The quantitative estimate of drug-likeness (QED) is 0.707. The molecule has 1 heterocycles. The molecule has 1 nitrogen and oxygen atoms in total. The third-order valence-electron chi connectivity index (χ3n) is 3.78. The molecule has 78 valence electrons. The van der Waals surface area contributed by atoms with Crippen molar-refractivity contribution in [3.05, 3.63) is 23.8 Å². The average Bonchev–Trinajstić information content (AvgIpc) is 2.66. The summed E-state index contributed by atoms with van der Waals surface area (Å²) >= 11 is 0. The standard InChI is InChI=1S/C13H21N/c1-3-11-8-14-9-13(11)12-7-5-4-6-10(12)2/h4-5,7,10-11,13-14H,3,6,8-9H2,1-2H3/t10?,11-,13+/m1/s1. The van der Waals surface area contributed by atoms with Crippen LogP contribution < -0.4 is 5.32 Å². The van der Waals surface area contributed by atoms with Crippen molar-refractivity contribution in [3.63, 3.8) is 0 Å². The molecule has 0 aromatic carbocycles. The van der Waals surface area contributed by atoms with Gasteiger partial charge in [0.25, 0.3) is 0 Å². The monoisotopic (exact) mass is 191 g/mol. The summed E-state index contributed by atoms with van der Waals surface area (Å²) in [4.78, 5) is 0. The Labute approximate surface area is 87.3 Å². The van der Waals surface area contributed by atoms with Crippen molar-refractivity contribution in [2.75, 3.05) is 13.1 Å². The summed E-state index contributed by atoms with van der Waals surface area (Å²) < 4.78 is 0. The first kappa shape index (κ1) is 9.97. The second-order valence-corrected chi connectivity index (χ2v) is 4.66. The van der Waals surface area contributed by atoms with Crippen LogP contribution in [0.3, 0.4) is 0 Å². The third kappa shape index (κ3) is 1.78. The van der Waals surface area contributed by atoms with Crippen LogP contribution in [-0.4, -0.2) is 13.1 Å². The molecule has 2 rings (SSSR count). The predicted molar refractivity (Wildman–Crippen MR) is 61.1 cm³/mol. The summed E-state index contributed by atoms with van der Waals surface area (Å²) in [5.41, 5.74) is 1.68. The van der Waals surface area contributed by atoms with Crippen LogP contribution in [0.2, 0.25) is 0 Å². The minimum atomic E-state index is 0.763. The molecule has 2 aliphatic rings. The fourth-order valence-electron chi connectivity index (χ4n) is 2.80. The molecule has 0 aromatic heterocycles. The van der Waals surface area contributed by atoms with Crippen LogP contribution >= 0.6 is 0 Å². The highest BCUT2D eigenvalue weighted by atomic mass is 14.9. The molecular formula is C13H21N. The Morgan fingerprint density at radius 2 is 2.29 bits per heavy atom. The van der Waals surface area contributed by atoms with Gasteiger partial charge in [-0.25, -0.2) is 0 Å². The highest BCUT2D eigenvalue weighted by Crippen LogP contribution is 2.34. The van der Waals surface area contributed by atoms with E-state index in [0.717, 1.165) is 17.8 Å². The second kappa shape index (κ2) is 4.31. The zero-order chi connectivity index (χ0) is 9.97. The van der Waals surface area contributed by atoms with Gasteiger partial charge in [-0.05, 0) is 30.7 Å². The molecule has 0 bridgehead atoms. The lowest BCUT2D eigenvalue weighted by atomic mass is 9.78. The van der Waals surface area contributed by atoms with E-state index in [9.17, 15) is 0 Å². The largest absolute Gasteiger partial charge is 0.316 e. The number of hydrogen-bond acceptors (Lipinski definition) is 1. The van der Waals surface area contributed by atoms with Gasteiger partial charge in [0.1, 0.15) is 0 Å². The molecule has 14 heavy (non-hydrogen) atoms. The van der Waals surface area contributed by atoms with E-state index in [1.165, 1.54) is 25.9 Å². The minimum absolute atomic E-state index is 0.763. The van der Waals surface area contributed by atoms with Gasteiger partial charge in [0.2, 0.25) is 0 Å². The molecule has 1 aliphatic heterocycles. The molecule has 1 unspecified atom stereocenters. The van der Waals surface area contributed by atoms with Gasteiger partial charge in [-0.1, -0.05) is 44.1 Å². The van der Waals surface area contributed by atoms with Crippen molar-refractivity contribution >= 4 is 0 Å². The van der Waals surface area contributed by atoms with Gasteiger partial charge < -0.3 is 5.32 Å². The molecule has 3 atom stereocenters. The Hall–Kier alpha value is -0.560. The zero-order valence-electron chi connectivity index (χ0n) is 9.29. The molecule has 1 heteroatoms. The molecule has 0 saturated carbocycles. The maximum absolute atomic E-state index is 3.53. The molecule has 0 radical (unpaired) electrons. The van der Waals surface area contributed by atoms with E-state index in [2.05, 4.69) is 37.4 Å². The minimum Gasteiger partial charge on any atom is -0.316 e. The first-order chi connectivity index (χ1) is 6.83. The summed E-state index contributed by atoms with van der Waals surface area (Å²) in [7, 11) is 0. The fourth-order valence-corrected chi connectivity index (χ4v) is 2.80. The SMILES string of the molecule is CC[C@@H]1CNC[C@@H]1C1=CC=CCC1C. The van der Waals surface area contributed by atoms with Crippen LogP contribution in [-0.2, 0) is 0 Å². The van der Waals surface area contributed by atoms with Crippen molar-refractivity contribution in [2.45, 2.75) is 26.7 Å². The smallest absolute Gasteiger partial charge is 0.00203 e. The van der Waals surface area contributed by atoms with Gasteiger partial charge in [-0.2, -0.15) is 0 Å².